The van der Waals surface area contributed by atoms with Gasteiger partial charge in [-0.2, -0.15) is 5.10 Å². The molecule has 1 atom stereocenters. The Labute approximate surface area is 164 Å². The summed E-state index contributed by atoms with van der Waals surface area (Å²) in [6, 6.07) is 9.83. The Hall–Kier alpha value is -2.89. The molecule has 146 valence electrons. The number of ketones is 1. The van der Waals surface area contributed by atoms with Gasteiger partial charge in [0.25, 0.3) is 0 Å². The molecule has 0 bridgehead atoms. The Kier molecular flexibility index (Phi) is 5.28. The van der Waals surface area contributed by atoms with Crippen LogP contribution in [0.1, 0.15) is 54.6 Å². The van der Waals surface area contributed by atoms with E-state index in [1.807, 2.05) is 52.9 Å². The monoisotopic (exact) mass is 378 g/mol. The van der Waals surface area contributed by atoms with Crippen molar-refractivity contribution in [2.45, 2.75) is 45.1 Å². The van der Waals surface area contributed by atoms with E-state index in [-0.39, 0.29) is 18.2 Å². The van der Waals surface area contributed by atoms with Gasteiger partial charge in [0.1, 0.15) is 6.54 Å². The van der Waals surface area contributed by atoms with Gasteiger partial charge in [0.05, 0.1) is 0 Å². The van der Waals surface area contributed by atoms with Crippen LogP contribution in [0.5, 0.6) is 0 Å². The van der Waals surface area contributed by atoms with E-state index in [1.165, 1.54) is 0 Å². The fraction of sp³-hybridized carbons (Fsp3) is 0.409. The number of nitrogens with one attached hydrogen (secondary N) is 1. The normalized spacial score (nSPS) is 17.2. The quantitative estimate of drug-likeness (QED) is 0.664. The summed E-state index contributed by atoms with van der Waals surface area (Å²) in [5.41, 5.74) is 2.76. The molecule has 1 amide bonds. The van der Waals surface area contributed by atoms with Crippen LogP contribution in [0.3, 0.4) is 0 Å². The average Bonchev–Trinajstić information content (AvgIpc) is 3.37. The number of hydrogen-bond acceptors (Lipinski definition) is 3. The van der Waals surface area contributed by atoms with Crippen molar-refractivity contribution in [1.82, 2.24) is 19.7 Å². The third-order valence-electron chi connectivity index (χ3n) is 5.61. The van der Waals surface area contributed by atoms with Crippen LogP contribution in [-0.2, 0) is 11.3 Å². The van der Waals surface area contributed by atoms with Crippen LogP contribution >= 0.6 is 0 Å². The molecule has 0 radical (unpaired) electrons. The number of nitrogens with zero attached hydrogens (tertiary/aromatic N) is 3. The first kappa shape index (κ1) is 18.5. The second-order valence-corrected chi connectivity index (χ2v) is 7.55. The van der Waals surface area contributed by atoms with E-state index in [0.29, 0.717) is 18.9 Å². The molecule has 6 heteroatoms. The Morgan fingerprint density at radius 3 is 2.89 bits per heavy atom. The lowest BCUT2D eigenvalue weighted by atomic mass is 9.95. The zero-order valence-corrected chi connectivity index (χ0v) is 16.2. The third kappa shape index (κ3) is 3.59. The Bertz CT molecular complexity index is 974. The van der Waals surface area contributed by atoms with Crippen LogP contribution in [0, 0.1) is 0 Å². The van der Waals surface area contributed by atoms with Gasteiger partial charge < -0.3 is 9.47 Å². The molecule has 2 aromatic heterocycles. The first-order valence-electron chi connectivity index (χ1n) is 10.1. The second-order valence-electron chi connectivity index (χ2n) is 7.55. The summed E-state index contributed by atoms with van der Waals surface area (Å²) in [5.74, 6) is 0.546. The summed E-state index contributed by atoms with van der Waals surface area (Å²) in [4.78, 5) is 27.5. The lowest BCUT2D eigenvalue weighted by molar-refractivity contribution is -0.133. The van der Waals surface area contributed by atoms with Crippen molar-refractivity contribution < 1.29 is 9.59 Å². The van der Waals surface area contributed by atoms with E-state index >= 15 is 0 Å². The molecule has 0 saturated carbocycles. The Balaban J connectivity index is 1.54. The molecule has 0 spiro atoms. The van der Waals surface area contributed by atoms with Crippen LogP contribution in [0.2, 0.25) is 0 Å². The van der Waals surface area contributed by atoms with Gasteiger partial charge in [-0.05, 0) is 31.4 Å². The van der Waals surface area contributed by atoms with Crippen LogP contribution in [0.4, 0.5) is 0 Å². The number of rotatable bonds is 6. The van der Waals surface area contributed by atoms with Gasteiger partial charge in [-0.3, -0.25) is 14.7 Å². The summed E-state index contributed by atoms with van der Waals surface area (Å²) in [6.45, 7) is 3.76. The number of carbonyl (C=O) groups excluding carboxylic acids is 2. The number of Topliss-reactive ketones (excluding diaryl/α,β-unsaturated/α-hetero) is 1. The molecule has 1 aromatic carbocycles. The number of hydrogen-bond donors (Lipinski definition) is 1. The van der Waals surface area contributed by atoms with Gasteiger partial charge in [0, 0.05) is 60.0 Å². The third-order valence-corrected chi connectivity index (χ3v) is 5.61. The highest BCUT2D eigenvalue weighted by molar-refractivity contribution is 6.08. The van der Waals surface area contributed by atoms with Crippen molar-refractivity contribution in [2.24, 2.45) is 0 Å². The molecule has 6 nitrogen and oxygen atoms in total. The number of likely N-dealkylation sites (tertiary alicyclic amines) is 1. The van der Waals surface area contributed by atoms with Crippen LogP contribution in [0.25, 0.3) is 10.9 Å². The number of aromatic nitrogens is 3. The van der Waals surface area contributed by atoms with Crippen molar-refractivity contribution in [3.05, 3.63) is 54.0 Å². The summed E-state index contributed by atoms with van der Waals surface area (Å²) in [5, 5.41) is 8.01. The first-order chi connectivity index (χ1) is 13.7. The molecular weight excluding hydrogens is 352 g/mol. The minimum Gasteiger partial charge on any atom is -0.340 e. The maximum Gasteiger partial charge on any atom is 0.242 e. The standard InChI is InChI=1S/C22H26N4O2/c1-2-6-21(27)18-14-26(20-9-4-3-8-17(18)20)15-22(28)25-12-5-7-16(13-25)19-10-11-23-24-19/h3-4,8-11,14,16H,2,5-7,12-13,15H2,1H3,(H,23,24). The molecule has 1 unspecified atom stereocenters. The molecule has 1 N–H and O–H groups in total. The van der Waals surface area contributed by atoms with Crippen molar-refractivity contribution in [1.29, 1.82) is 0 Å². The first-order valence-corrected chi connectivity index (χ1v) is 10.1. The summed E-state index contributed by atoms with van der Waals surface area (Å²) in [7, 11) is 0. The molecule has 1 aliphatic rings. The number of fused-ring (bicyclic) bond motifs is 1. The highest BCUT2D eigenvalue weighted by Crippen LogP contribution is 2.27. The SMILES string of the molecule is CCCC(=O)c1cn(CC(=O)N2CCCC(c3ccn[nH]3)C2)c2ccccc12. The molecule has 0 aliphatic carbocycles. The van der Waals surface area contributed by atoms with E-state index in [0.717, 1.165) is 48.0 Å². The van der Waals surface area contributed by atoms with Gasteiger partial charge in [-0.1, -0.05) is 25.1 Å². The topological polar surface area (TPSA) is 71.0 Å². The van der Waals surface area contributed by atoms with Crippen molar-refractivity contribution in [3.8, 4) is 0 Å². The maximum atomic E-state index is 13.0. The van der Waals surface area contributed by atoms with Gasteiger partial charge in [-0.15, -0.1) is 0 Å². The number of piperidine rings is 1. The molecule has 28 heavy (non-hydrogen) atoms. The molecule has 1 saturated heterocycles. The molecule has 3 heterocycles. The fourth-order valence-corrected chi connectivity index (χ4v) is 4.16. The summed E-state index contributed by atoms with van der Waals surface area (Å²) in [6.07, 6.45) is 7.02. The van der Waals surface area contributed by atoms with E-state index < -0.39 is 0 Å². The predicted molar refractivity (Wildman–Crippen MR) is 108 cm³/mol. The van der Waals surface area contributed by atoms with Crippen molar-refractivity contribution in [3.63, 3.8) is 0 Å². The summed E-state index contributed by atoms with van der Waals surface area (Å²) >= 11 is 0. The number of benzene rings is 1. The molecule has 4 rings (SSSR count). The van der Waals surface area contributed by atoms with E-state index in [1.54, 1.807) is 6.20 Å². The zero-order chi connectivity index (χ0) is 19.5. The van der Waals surface area contributed by atoms with Gasteiger partial charge in [-0.25, -0.2) is 0 Å². The highest BCUT2D eigenvalue weighted by Gasteiger charge is 2.26. The largest absolute Gasteiger partial charge is 0.340 e. The lowest BCUT2D eigenvalue weighted by Crippen LogP contribution is -2.40. The van der Waals surface area contributed by atoms with Gasteiger partial charge in [0.2, 0.25) is 5.91 Å². The minimum atomic E-state index is 0.0967. The lowest BCUT2D eigenvalue weighted by Gasteiger charge is -2.32. The predicted octanol–water partition coefficient (Wildman–Crippen LogP) is 3.75. The zero-order valence-electron chi connectivity index (χ0n) is 16.2. The van der Waals surface area contributed by atoms with E-state index in [4.69, 9.17) is 0 Å². The maximum absolute atomic E-state index is 13.0. The number of para-hydroxylation sites is 1. The molecule has 1 aliphatic heterocycles. The molecule has 1 fully saturated rings. The minimum absolute atomic E-state index is 0.0967. The Morgan fingerprint density at radius 1 is 1.25 bits per heavy atom. The number of carbonyl (C=O) groups is 2. The van der Waals surface area contributed by atoms with Crippen LogP contribution < -0.4 is 0 Å². The van der Waals surface area contributed by atoms with E-state index in [2.05, 4.69) is 10.2 Å². The molecular formula is C22H26N4O2. The highest BCUT2D eigenvalue weighted by atomic mass is 16.2. The van der Waals surface area contributed by atoms with Crippen molar-refractivity contribution in [2.75, 3.05) is 13.1 Å². The fourth-order valence-electron chi connectivity index (χ4n) is 4.16. The second kappa shape index (κ2) is 8.00. The number of H-pyrrole nitrogens is 1. The molecule has 3 aromatic rings. The average molecular weight is 378 g/mol. The Morgan fingerprint density at radius 2 is 2.11 bits per heavy atom. The van der Waals surface area contributed by atoms with E-state index in [9.17, 15) is 9.59 Å². The van der Waals surface area contributed by atoms with Gasteiger partial charge in [0.15, 0.2) is 5.78 Å². The number of amides is 1. The van der Waals surface area contributed by atoms with Crippen molar-refractivity contribution >= 4 is 22.6 Å². The smallest absolute Gasteiger partial charge is 0.242 e. The summed E-state index contributed by atoms with van der Waals surface area (Å²) < 4.78 is 1.93. The number of aromatic amines is 1. The van der Waals surface area contributed by atoms with Crippen LogP contribution in [-0.4, -0.2) is 44.4 Å². The van der Waals surface area contributed by atoms with Crippen LogP contribution in [0.15, 0.2) is 42.7 Å². The van der Waals surface area contributed by atoms with Gasteiger partial charge >= 0.3 is 0 Å².